The van der Waals surface area contributed by atoms with Crippen LogP contribution in [-0.4, -0.2) is 72.4 Å². The standard InChI is InChI=1S/C28H30F10N2O5/c1-2-44-22(23(41)42)16-18-8-10-21(11-9-18)45-15-14-40(13-4-3-12-25(29,30)27(34,35)28(36,37)38)24(43)39-20-7-5-6-19(17-20)26(31,32)33/h5-11,17,22H,2-4,12-16H2,1H3,(H,39,43)(H,41,42). The number of hydrogen-bond acceptors (Lipinski definition) is 4. The van der Waals surface area contributed by atoms with Crippen LogP contribution >= 0.6 is 0 Å². The van der Waals surface area contributed by atoms with Gasteiger partial charge in [-0.2, -0.15) is 43.9 Å². The fourth-order valence-corrected chi connectivity index (χ4v) is 3.93. The molecule has 2 N–H and O–H groups in total. The normalized spacial score (nSPS) is 13.3. The highest BCUT2D eigenvalue weighted by molar-refractivity contribution is 5.89. The molecule has 0 saturated heterocycles. The Labute approximate surface area is 251 Å². The maximum absolute atomic E-state index is 13.7. The second kappa shape index (κ2) is 15.5. The van der Waals surface area contributed by atoms with Crippen molar-refractivity contribution in [3.05, 3.63) is 59.7 Å². The number of nitrogens with one attached hydrogen (secondary N) is 1. The van der Waals surface area contributed by atoms with Crippen LogP contribution in [0.3, 0.4) is 0 Å². The zero-order valence-corrected chi connectivity index (χ0v) is 23.7. The van der Waals surface area contributed by atoms with Crippen molar-refractivity contribution in [2.75, 3.05) is 31.6 Å². The largest absolute Gasteiger partial charge is 0.492 e. The molecule has 252 valence electrons. The molecule has 2 aromatic carbocycles. The van der Waals surface area contributed by atoms with Crippen molar-refractivity contribution >= 4 is 17.7 Å². The van der Waals surface area contributed by atoms with Crippen LogP contribution in [0.1, 0.15) is 37.3 Å². The predicted octanol–water partition coefficient (Wildman–Crippen LogP) is 7.65. The van der Waals surface area contributed by atoms with E-state index in [9.17, 15) is 58.6 Å². The lowest BCUT2D eigenvalue weighted by atomic mass is 10.0. The number of unbranched alkanes of at least 4 members (excludes halogenated alkanes) is 1. The number of rotatable bonds is 16. The molecule has 0 aliphatic carbocycles. The molecule has 2 amide bonds. The second-order valence-electron chi connectivity index (χ2n) is 9.71. The number of benzene rings is 2. The van der Waals surface area contributed by atoms with Crippen LogP contribution in [0.15, 0.2) is 48.5 Å². The summed E-state index contributed by atoms with van der Waals surface area (Å²) in [6.07, 6.45) is -15.4. The van der Waals surface area contributed by atoms with E-state index in [4.69, 9.17) is 9.47 Å². The second-order valence-corrected chi connectivity index (χ2v) is 9.71. The number of aliphatic carboxylic acids is 1. The zero-order chi connectivity index (χ0) is 34.1. The molecule has 2 rings (SSSR count). The Kier molecular flexibility index (Phi) is 12.9. The van der Waals surface area contributed by atoms with Gasteiger partial charge in [0.05, 0.1) is 12.1 Å². The third kappa shape index (κ3) is 11.0. The van der Waals surface area contributed by atoms with Gasteiger partial charge in [-0.1, -0.05) is 18.2 Å². The summed E-state index contributed by atoms with van der Waals surface area (Å²) < 4.78 is 141. The van der Waals surface area contributed by atoms with Crippen molar-refractivity contribution < 1.29 is 68.1 Å². The Hall–Kier alpha value is -3.76. The Morgan fingerprint density at radius 2 is 1.56 bits per heavy atom. The maximum atomic E-state index is 13.7. The average molecular weight is 665 g/mol. The van der Waals surface area contributed by atoms with E-state index in [0.29, 0.717) is 11.6 Å². The summed E-state index contributed by atoms with van der Waals surface area (Å²) in [4.78, 5) is 25.0. The number of carbonyl (C=O) groups excluding carboxylic acids is 1. The number of urea groups is 1. The first-order chi connectivity index (χ1) is 20.8. The number of hydrogen-bond donors (Lipinski definition) is 2. The van der Waals surface area contributed by atoms with Gasteiger partial charge in [-0.05, 0) is 55.7 Å². The number of halogens is 10. The first kappa shape index (κ1) is 37.4. The van der Waals surface area contributed by atoms with Crippen molar-refractivity contribution in [3.63, 3.8) is 0 Å². The van der Waals surface area contributed by atoms with E-state index in [-0.39, 0.29) is 37.6 Å². The van der Waals surface area contributed by atoms with Crippen LogP contribution in [0.4, 0.5) is 54.4 Å². The SMILES string of the molecule is CCOC(Cc1ccc(OCCN(CCCCC(F)(F)C(F)(F)C(F)(F)F)C(=O)Nc2cccc(C(F)(F)F)c2)cc1)C(=O)O. The summed E-state index contributed by atoms with van der Waals surface area (Å²) in [7, 11) is 0. The van der Waals surface area contributed by atoms with E-state index in [1.807, 2.05) is 0 Å². The number of carboxylic acid groups (broad SMARTS) is 1. The Bertz CT molecular complexity index is 1250. The van der Waals surface area contributed by atoms with E-state index >= 15 is 0 Å². The van der Waals surface area contributed by atoms with E-state index in [2.05, 4.69) is 5.32 Å². The maximum Gasteiger partial charge on any atom is 0.459 e. The molecule has 0 aliphatic heterocycles. The number of carboxylic acids is 1. The number of ether oxygens (including phenoxy) is 2. The fraction of sp³-hybridized carbons (Fsp3) is 0.500. The molecule has 1 atom stereocenters. The average Bonchev–Trinajstić information content (AvgIpc) is 2.93. The number of alkyl halides is 10. The monoisotopic (exact) mass is 664 g/mol. The minimum Gasteiger partial charge on any atom is -0.492 e. The fourth-order valence-electron chi connectivity index (χ4n) is 3.93. The van der Waals surface area contributed by atoms with Crippen LogP contribution in [0.25, 0.3) is 0 Å². The first-order valence-corrected chi connectivity index (χ1v) is 13.4. The summed E-state index contributed by atoms with van der Waals surface area (Å²) in [6, 6.07) is 8.60. The van der Waals surface area contributed by atoms with Crippen molar-refractivity contribution in [2.45, 2.75) is 62.9 Å². The van der Waals surface area contributed by atoms with Gasteiger partial charge in [-0.15, -0.1) is 0 Å². The van der Waals surface area contributed by atoms with E-state index in [1.54, 1.807) is 19.1 Å². The quantitative estimate of drug-likeness (QED) is 0.142. The van der Waals surface area contributed by atoms with Crippen LogP contribution < -0.4 is 10.1 Å². The van der Waals surface area contributed by atoms with E-state index < -0.39 is 73.7 Å². The smallest absolute Gasteiger partial charge is 0.459 e. The van der Waals surface area contributed by atoms with Crippen molar-refractivity contribution in [1.82, 2.24) is 4.90 Å². The molecule has 0 aromatic heterocycles. The Balaban J connectivity index is 2.08. The molecule has 7 nitrogen and oxygen atoms in total. The van der Waals surface area contributed by atoms with E-state index in [0.717, 1.165) is 23.1 Å². The predicted molar refractivity (Wildman–Crippen MR) is 141 cm³/mol. The molecule has 0 fully saturated rings. The highest BCUT2D eigenvalue weighted by atomic mass is 19.4. The molecule has 0 bridgehead atoms. The lowest BCUT2D eigenvalue weighted by Gasteiger charge is -2.28. The lowest BCUT2D eigenvalue weighted by Crippen LogP contribution is -2.51. The number of amides is 2. The minimum atomic E-state index is -6.48. The van der Waals surface area contributed by atoms with Gasteiger partial charge in [0.25, 0.3) is 0 Å². The molecule has 0 saturated carbocycles. The van der Waals surface area contributed by atoms with Gasteiger partial charge in [0.2, 0.25) is 0 Å². The minimum absolute atomic E-state index is 0.0564. The highest BCUT2D eigenvalue weighted by Gasteiger charge is 2.72. The van der Waals surface area contributed by atoms with Gasteiger partial charge in [0.1, 0.15) is 12.4 Å². The third-order valence-electron chi connectivity index (χ3n) is 6.33. The Morgan fingerprint density at radius 1 is 0.911 bits per heavy atom. The summed E-state index contributed by atoms with van der Waals surface area (Å²) in [6.45, 7) is 0.812. The molecule has 0 aliphatic rings. The zero-order valence-electron chi connectivity index (χ0n) is 23.7. The van der Waals surface area contributed by atoms with Gasteiger partial charge < -0.3 is 24.8 Å². The summed E-state index contributed by atoms with van der Waals surface area (Å²) in [5, 5.41) is 11.4. The van der Waals surface area contributed by atoms with Crippen molar-refractivity contribution in [2.24, 2.45) is 0 Å². The topological polar surface area (TPSA) is 88.1 Å². The summed E-state index contributed by atoms with van der Waals surface area (Å²) in [5.41, 5.74) is -0.764. The molecule has 0 spiro atoms. The molecule has 45 heavy (non-hydrogen) atoms. The van der Waals surface area contributed by atoms with E-state index in [1.165, 1.54) is 12.1 Å². The summed E-state index contributed by atoms with van der Waals surface area (Å²) in [5.74, 6) is -12.6. The molecule has 0 heterocycles. The van der Waals surface area contributed by atoms with Crippen LogP contribution in [0.5, 0.6) is 5.75 Å². The van der Waals surface area contributed by atoms with Crippen molar-refractivity contribution in [1.29, 1.82) is 0 Å². The first-order valence-electron chi connectivity index (χ1n) is 13.4. The number of carbonyl (C=O) groups is 2. The number of anilines is 1. The van der Waals surface area contributed by atoms with Crippen LogP contribution in [0.2, 0.25) is 0 Å². The van der Waals surface area contributed by atoms with Crippen LogP contribution in [0, 0.1) is 0 Å². The molecule has 0 radical (unpaired) electrons. The number of nitrogens with zero attached hydrogens (tertiary/aromatic N) is 1. The molecular formula is C28H30F10N2O5. The van der Waals surface area contributed by atoms with Gasteiger partial charge in [-0.25, -0.2) is 9.59 Å². The molecule has 1 unspecified atom stereocenters. The third-order valence-corrected chi connectivity index (χ3v) is 6.33. The van der Waals surface area contributed by atoms with Gasteiger partial charge in [0, 0.05) is 31.7 Å². The lowest BCUT2D eigenvalue weighted by molar-refractivity contribution is -0.355. The Morgan fingerprint density at radius 3 is 2.11 bits per heavy atom. The highest BCUT2D eigenvalue weighted by Crippen LogP contribution is 2.48. The van der Waals surface area contributed by atoms with Gasteiger partial charge in [-0.3, -0.25) is 0 Å². The van der Waals surface area contributed by atoms with Gasteiger partial charge in [0.15, 0.2) is 6.10 Å². The summed E-state index contributed by atoms with van der Waals surface area (Å²) >= 11 is 0. The van der Waals surface area contributed by atoms with Crippen molar-refractivity contribution in [3.8, 4) is 5.75 Å². The molecule has 17 heteroatoms. The van der Waals surface area contributed by atoms with Gasteiger partial charge >= 0.3 is 36.2 Å². The van der Waals surface area contributed by atoms with Crippen LogP contribution in [-0.2, 0) is 22.1 Å². The molecule has 2 aromatic rings. The molecular weight excluding hydrogens is 634 g/mol.